The minimum Gasteiger partial charge on any atom is -0.354 e. The van der Waals surface area contributed by atoms with Gasteiger partial charge in [0.2, 0.25) is 5.91 Å². The molecule has 0 saturated carbocycles. The van der Waals surface area contributed by atoms with E-state index < -0.39 is 0 Å². The first-order chi connectivity index (χ1) is 11.4. The summed E-state index contributed by atoms with van der Waals surface area (Å²) in [7, 11) is 3.52. The van der Waals surface area contributed by atoms with Crippen molar-refractivity contribution in [1.82, 2.24) is 15.1 Å². The van der Waals surface area contributed by atoms with Crippen LogP contribution in [0.3, 0.4) is 0 Å². The molecule has 1 unspecified atom stereocenters. The van der Waals surface area contributed by atoms with Gasteiger partial charge >= 0.3 is 0 Å². The van der Waals surface area contributed by atoms with Crippen molar-refractivity contribution in [3.63, 3.8) is 0 Å². The van der Waals surface area contributed by atoms with E-state index in [2.05, 4.69) is 60.2 Å². The molecule has 1 aromatic rings. The summed E-state index contributed by atoms with van der Waals surface area (Å²) in [4.78, 5) is 20.2. The summed E-state index contributed by atoms with van der Waals surface area (Å²) in [5, 5.41) is 3.40. The summed E-state index contributed by atoms with van der Waals surface area (Å²) < 4.78 is 0. The number of carbonyl (C=O) groups excluding carboxylic acids is 1. The number of hydrogen-bond acceptors (Lipinski definition) is 2. The molecule has 1 aliphatic heterocycles. The Morgan fingerprint density at radius 3 is 2.72 bits per heavy atom. The summed E-state index contributed by atoms with van der Waals surface area (Å²) in [6.07, 6.45) is 1.11. The molecule has 0 radical (unpaired) electrons. The molecule has 1 aromatic carbocycles. The van der Waals surface area contributed by atoms with E-state index in [9.17, 15) is 4.79 Å². The zero-order chi connectivity index (χ0) is 17.7. The van der Waals surface area contributed by atoms with Gasteiger partial charge in [-0.05, 0) is 32.8 Å². The highest BCUT2D eigenvalue weighted by molar-refractivity contribution is 14.0. The molecular weight excluding hydrogens is 427 g/mol. The number of halogens is 1. The summed E-state index contributed by atoms with van der Waals surface area (Å²) in [5.74, 6) is 1.39. The third kappa shape index (κ3) is 6.49. The molecule has 5 nitrogen and oxygen atoms in total. The third-order valence-corrected chi connectivity index (χ3v) is 4.28. The summed E-state index contributed by atoms with van der Waals surface area (Å²) in [6, 6.07) is 9.04. The molecule has 0 aliphatic carbocycles. The van der Waals surface area contributed by atoms with Gasteiger partial charge in [0.25, 0.3) is 0 Å². The number of amides is 1. The van der Waals surface area contributed by atoms with Crippen LogP contribution in [-0.4, -0.2) is 61.4 Å². The van der Waals surface area contributed by atoms with Gasteiger partial charge in [-0.25, -0.2) is 4.99 Å². The third-order valence-electron chi connectivity index (χ3n) is 4.28. The molecule has 1 atom stereocenters. The van der Waals surface area contributed by atoms with Crippen LogP contribution in [0.1, 0.15) is 37.3 Å². The first-order valence-electron chi connectivity index (χ1n) is 8.69. The normalized spacial score (nSPS) is 17.4. The first kappa shape index (κ1) is 21.7. The maximum absolute atomic E-state index is 11.8. The van der Waals surface area contributed by atoms with Crippen LogP contribution in [0.5, 0.6) is 0 Å². The van der Waals surface area contributed by atoms with Crippen LogP contribution in [0.15, 0.2) is 29.3 Å². The van der Waals surface area contributed by atoms with Crippen LogP contribution >= 0.6 is 24.0 Å². The van der Waals surface area contributed by atoms with Gasteiger partial charge < -0.3 is 15.1 Å². The maximum Gasteiger partial charge on any atom is 0.243 e. The van der Waals surface area contributed by atoms with Crippen LogP contribution in [0.2, 0.25) is 0 Å². The molecule has 1 N–H and O–H groups in total. The van der Waals surface area contributed by atoms with Gasteiger partial charge in [-0.3, -0.25) is 4.79 Å². The molecule has 1 fully saturated rings. The van der Waals surface area contributed by atoms with Crippen molar-refractivity contribution in [2.45, 2.75) is 39.2 Å². The van der Waals surface area contributed by atoms with Crippen molar-refractivity contribution in [1.29, 1.82) is 0 Å². The van der Waals surface area contributed by atoms with E-state index in [1.54, 1.807) is 19.0 Å². The fourth-order valence-corrected chi connectivity index (χ4v) is 2.93. The van der Waals surface area contributed by atoms with Crippen molar-refractivity contribution in [2.75, 3.05) is 33.7 Å². The van der Waals surface area contributed by atoms with Crippen molar-refractivity contribution < 1.29 is 4.79 Å². The van der Waals surface area contributed by atoms with Gasteiger partial charge in [-0.2, -0.15) is 0 Å². The lowest BCUT2D eigenvalue weighted by atomic mass is 9.97. The Kier molecular flexibility index (Phi) is 8.68. The Morgan fingerprint density at radius 2 is 2.12 bits per heavy atom. The average molecular weight is 458 g/mol. The molecule has 6 heteroatoms. The number of hydrogen-bond donors (Lipinski definition) is 1. The number of likely N-dealkylation sites (N-methyl/N-ethyl adjacent to an activating group) is 1. The van der Waals surface area contributed by atoms with Crippen LogP contribution in [-0.2, 0) is 4.79 Å². The van der Waals surface area contributed by atoms with Crippen molar-refractivity contribution >= 4 is 35.8 Å². The number of benzene rings is 1. The number of rotatable bonds is 4. The Hall–Kier alpha value is -1.31. The largest absolute Gasteiger partial charge is 0.354 e. The van der Waals surface area contributed by atoms with Gasteiger partial charge in [-0.15, -0.1) is 24.0 Å². The van der Waals surface area contributed by atoms with E-state index in [0.717, 1.165) is 25.5 Å². The maximum atomic E-state index is 11.8. The van der Waals surface area contributed by atoms with E-state index in [1.165, 1.54) is 11.1 Å². The fraction of sp³-hybridized carbons (Fsp3) is 0.579. The number of likely N-dealkylation sites (tertiary alicyclic amines) is 1. The molecule has 25 heavy (non-hydrogen) atoms. The second-order valence-corrected chi connectivity index (χ2v) is 7.07. The number of guanidine groups is 1. The standard InChI is InChI=1S/C19H30N4O.HI/c1-14(2)21-19(20-12-18(24)22(4)5)23-10-9-17(13-23)16-8-6-7-15(3)11-16;/h6-8,11,14,17H,9-10,12-13H2,1-5H3,(H,20,21);1H. The van der Waals surface area contributed by atoms with Gasteiger partial charge in [0.05, 0.1) is 0 Å². The second kappa shape index (κ2) is 9.99. The molecule has 1 saturated heterocycles. The summed E-state index contributed by atoms with van der Waals surface area (Å²) in [5.41, 5.74) is 2.70. The highest BCUT2D eigenvalue weighted by atomic mass is 127. The zero-order valence-electron chi connectivity index (χ0n) is 16.0. The Labute approximate surface area is 168 Å². The van der Waals surface area contributed by atoms with Gasteiger partial charge in [-0.1, -0.05) is 29.8 Å². The van der Waals surface area contributed by atoms with Crippen molar-refractivity contribution in [3.05, 3.63) is 35.4 Å². The number of nitrogens with zero attached hydrogens (tertiary/aromatic N) is 3. The van der Waals surface area contributed by atoms with Crippen LogP contribution < -0.4 is 5.32 Å². The van der Waals surface area contributed by atoms with Gasteiger partial charge in [0.1, 0.15) is 6.54 Å². The minimum atomic E-state index is 0. The predicted molar refractivity (Wildman–Crippen MR) is 115 cm³/mol. The molecule has 1 heterocycles. The van der Waals surface area contributed by atoms with E-state index in [-0.39, 0.29) is 42.5 Å². The van der Waals surface area contributed by atoms with Crippen LogP contribution in [0, 0.1) is 6.92 Å². The lowest BCUT2D eigenvalue weighted by Gasteiger charge is -2.24. The molecule has 0 spiro atoms. The van der Waals surface area contributed by atoms with E-state index in [0.29, 0.717) is 5.92 Å². The SMILES string of the molecule is Cc1cccc(C2CCN(C(=NCC(=O)N(C)C)NC(C)C)C2)c1.I. The topological polar surface area (TPSA) is 47.9 Å². The Morgan fingerprint density at radius 1 is 1.40 bits per heavy atom. The highest BCUT2D eigenvalue weighted by Gasteiger charge is 2.26. The van der Waals surface area contributed by atoms with Crippen LogP contribution in [0.25, 0.3) is 0 Å². The first-order valence-corrected chi connectivity index (χ1v) is 8.69. The van der Waals surface area contributed by atoms with E-state index >= 15 is 0 Å². The fourth-order valence-electron chi connectivity index (χ4n) is 2.93. The van der Waals surface area contributed by atoms with Crippen LogP contribution in [0.4, 0.5) is 0 Å². The smallest absolute Gasteiger partial charge is 0.243 e. The molecule has 0 aromatic heterocycles. The molecule has 0 bridgehead atoms. The van der Waals surface area contributed by atoms with Gasteiger partial charge in [0, 0.05) is 39.1 Å². The van der Waals surface area contributed by atoms with Crippen molar-refractivity contribution in [2.24, 2.45) is 4.99 Å². The molecule has 140 valence electrons. The molecule has 2 rings (SSSR count). The number of carbonyl (C=O) groups is 1. The van der Waals surface area contributed by atoms with E-state index in [4.69, 9.17) is 0 Å². The highest BCUT2D eigenvalue weighted by Crippen LogP contribution is 2.27. The number of aryl methyl sites for hydroxylation is 1. The minimum absolute atomic E-state index is 0. The molecular formula is C19H31IN4O. The molecule has 1 aliphatic rings. The number of aliphatic imine (C=N–C) groups is 1. The second-order valence-electron chi connectivity index (χ2n) is 7.07. The lowest BCUT2D eigenvalue weighted by molar-refractivity contribution is -0.127. The predicted octanol–water partition coefficient (Wildman–Crippen LogP) is 2.84. The Balaban J connectivity index is 0.00000312. The average Bonchev–Trinajstić information content (AvgIpc) is 3.00. The zero-order valence-corrected chi connectivity index (χ0v) is 18.3. The Bertz CT molecular complexity index is 601. The lowest BCUT2D eigenvalue weighted by Crippen LogP contribution is -2.43. The monoisotopic (exact) mass is 458 g/mol. The quantitative estimate of drug-likeness (QED) is 0.429. The summed E-state index contributed by atoms with van der Waals surface area (Å²) in [6.45, 7) is 8.42. The van der Waals surface area contributed by atoms with Gasteiger partial charge in [0.15, 0.2) is 5.96 Å². The van der Waals surface area contributed by atoms with E-state index in [1.807, 2.05) is 0 Å². The molecule has 1 amide bonds. The number of nitrogens with one attached hydrogen (secondary N) is 1. The van der Waals surface area contributed by atoms with Crippen molar-refractivity contribution in [3.8, 4) is 0 Å². The summed E-state index contributed by atoms with van der Waals surface area (Å²) >= 11 is 0.